The molecule has 2 aromatic heterocycles. The van der Waals surface area contributed by atoms with Crippen molar-refractivity contribution in [1.82, 2.24) is 10.4 Å². The minimum Gasteiger partial charge on any atom is -0.448 e. The highest BCUT2D eigenvalue weighted by atomic mass is 32.2. The van der Waals surface area contributed by atoms with Crippen LogP contribution in [0.15, 0.2) is 85.7 Å². The summed E-state index contributed by atoms with van der Waals surface area (Å²) in [6, 6.07) is 20.2. The van der Waals surface area contributed by atoms with E-state index in [2.05, 4.69) is 15.5 Å². The molecule has 0 spiro atoms. The number of amides is 1. The van der Waals surface area contributed by atoms with Gasteiger partial charge >= 0.3 is 0 Å². The van der Waals surface area contributed by atoms with Crippen LogP contribution in [0.25, 0.3) is 10.2 Å². The number of hydrazone groups is 1. The molecular weight excluding hydrogens is 394 g/mol. The molecule has 0 radical (unpaired) electrons. The highest BCUT2D eigenvalue weighted by molar-refractivity contribution is 8.01. The van der Waals surface area contributed by atoms with Crippen LogP contribution < -0.4 is 5.43 Å². The van der Waals surface area contributed by atoms with E-state index < -0.39 is 12.0 Å². The molecule has 140 valence electrons. The lowest BCUT2D eigenvalue weighted by molar-refractivity contribution is -0.129. The summed E-state index contributed by atoms with van der Waals surface area (Å²) in [7, 11) is 0. The van der Waals surface area contributed by atoms with Crippen molar-refractivity contribution in [2.45, 2.75) is 15.5 Å². The van der Waals surface area contributed by atoms with Gasteiger partial charge in [-0.25, -0.2) is 10.4 Å². The van der Waals surface area contributed by atoms with Gasteiger partial charge in [0.1, 0.15) is 5.76 Å². The summed E-state index contributed by atoms with van der Waals surface area (Å²) in [5.74, 6) is -0.129. The molecule has 0 bridgehead atoms. The predicted molar refractivity (Wildman–Crippen MR) is 110 cm³/mol. The van der Waals surface area contributed by atoms with Crippen molar-refractivity contribution in [2.24, 2.45) is 5.10 Å². The lowest BCUT2D eigenvalue weighted by Crippen LogP contribution is -2.25. The lowest BCUT2D eigenvalue weighted by Gasteiger charge is -2.08. The largest absolute Gasteiger partial charge is 0.448 e. The first-order valence-electron chi connectivity index (χ1n) is 8.38. The lowest BCUT2D eigenvalue weighted by atomic mass is 10.1. The molecule has 0 saturated heterocycles. The van der Waals surface area contributed by atoms with Gasteiger partial charge in [-0.15, -0.1) is 11.3 Å². The average Bonchev–Trinajstić information content (AvgIpc) is 3.34. The Bertz CT molecular complexity index is 1090. The molecule has 1 amide bonds. The predicted octanol–water partition coefficient (Wildman–Crippen LogP) is 4.22. The Morgan fingerprint density at radius 1 is 1.14 bits per heavy atom. The van der Waals surface area contributed by atoms with Crippen LogP contribution in [0.3, 0.4) is 0 Å². The van der Waals surface area contributed by atoms with Crippen molar-refractivity contribution in [3.63, 3.8) is 0 Å². The quantitative estimate of drug-likeness (QED) is 0.368. The third-order valence-corrected chi connectivity index (χ3v) is 5.81. The van der Waals surface area contributed by atoms with Crippen molar-refractivity contribution < 1.29 is 14.3 Å². The van der Waals surface area contributed by atoms with Gasteiger partial charge < -0.3 is 9.52 Å². The van der Waals surface area contributed by atoms with E-state index in [0.717, 1.165) is 14.6 Å². The van der Waals surface area contributed by atoms with Gasteiger partial charge in [0.25, 0.3) is 5.91 Å². The van der Waals surface area contributed by atoms with Gasteiger partial charge in [0.15, 0.2) is 15.5 Å². The smallest absolute Gasteiger partial charge is 0.273 e. The third-order valence-electron chi connectivity index (χ3n) is 3.79. The molecule has 6 nitrogen and oxygen atoms in total. The van der Waals surface area contributed by atoms with Crippen molar-refractivity contribution in [3.8, 4) is 0 Å². The average molecular weight is 409 g/mol. The Morgan fingerprint density at radius 3 is 2.75 bits per heavy atom. The summed E-state index contributed by atoms with van der Waals surface area (Å²) in [5, 5.41) is 14.5. The minimum atomic E-state index is -1.28. The number of fused-ring (bicyclic) bond motifs is 1. The Hall–Kier alpha value is -2.94. The number of hydrogen-bond donors (Lipinski definition) is 2. The van der Waals surface area contributed by atoms with Crippen LogP contribution in [0, 0.1) is 0 Å². The fourth-order valence-corrected chi connectivity index (χ4v) is 4.42. The number of rotatable bonds is 6. The number of carbonyl (C=O) groups excluding carboxylic acids is 1. The van der Waals surface area contributed by atoms with Crippen LogP contribution in [0.2, 0.25) is 0 Å². The van der Waals surface area contributed by atoms with E-state index in [1.54, 1.807) is 41.7 Å². The zero-order valence-corrected chi connectivity index (χ0v) is 16.1. The van der Waals surface area contributed by atoms with Crippen LogP contribution in [-0.2, 0) is 4.79 Å². The molecule has 8 heteroatoms. The van der Waals surface area contributed by atoms with E-state index >= 15 is 0 Å². The van der Waals surface area contributed by atoms with E-state index in [4.69, 9.17) is 4.42 Å². The second kappa shape index (κ2) is 8.39. The van der Waals surface area contributed by atoms with Gasteiger partial charge in [-0.3, -0.25) is 4.79 Å². The van der Waals surface area contributed by atoms with Crippen LogP contribution in [-0.4, -0.2) is 22.2 Å². The van der Waals surface area contributed by atoms with Gasteiger partial charge in [0, 0.05) is 0 Å². The van der Waals surface area contributed by atoms with Crippen LogP contribution in [0.4, 0.5) is 0 Å². The number of para-hydroxylation sites is 1. The van der Waals surface area contributed by atoms with E-state index in [1.165, 1.54) is 18.0 Å². The summed E-state index contributed by atoms with van der Waals surface area (Å²) < 4.78 is 7.69. The first-order chi connectivity index (χ1) is 13.7. The van der Waals surface area contributed by atoms with E-state index in [9.17, 15) is 9.90 Å². The van der Waals surface area contributed by atoms with Crippen molar-refractivity contribution >= 4 is 45.4 Å². The van der Waals surface area contributed by atoms with Crippen LogP contribution in [0.5, 0.6) is 0 Å². The first kappa shape index (κ1) is 18.4. The second-order valence-electron chi connectivity index (χ2n) is 5.75. The van der Waals surface area contributed by atoms with Gasteiger partial charge in [-0.1, -0.05) is 42.5 Å². The number of nitrogens with one attached hydrogen (secondary N) is 1. The number of aliphatic hydroxyl groups excluding tert-OH is 1. The molecular formula is C20H15N3O3S2. The molecule has 0 aliphatic rings. The summed E-state index contributed by atoms with van der Waals surface area (Å²) in [6.07, 6.45) is 0.109. The number of benzene rings is 2. The highest BCUT2D eigenvalue weighted by Gasteiger charge is 2.16. The second-order valence-corrected chi connectivity index (χ2v) is 8.04. The summed E-state index contributed by atoms with van der Waals surface area (Å²) >= 11 is 3.03. The number of nitrogens with zero attached hydrogens (tertiary/aromatic N) is 2. The Balaban J connectivity index is 1.35. The molecule has 0 fully saturated rings. The molecule has 0 aliphatic heterocycles. The first-order valence-corrected chi connectivity index (χ1v) is 10.0. The standard InChI is InChI=1S/C20H15N3O3S2/c24-18(13-6-2-1-3-7-13)19(25)23-21-12-14-10-11-17(26-14)28-20-22-15-8-4-5-9-16(15)27-20/h1-12,18,24H,(H,23,25)/b21-12-/t18-/m0/s1. The number of carbonyl (C=O) groups is 1. The fourth-order valence-electron chi connectivity index (χ4n) is 2.45. The van der Waals surface area contributed by atoms with Gasteiger partial charge in [0.2, 0.25) is 0 Å². The van der Waals surface area contributed by atoms with Crippen LogP contribution in [0.1, 0.15) is 17.4 Å². The maximum absolute atomic E-state index is 11.9. The zero-order chi connectivity index (χ0) is 19.3. The third kappa shape index (κ3) is 4.30. The van der Waals surface area contributed by atoms with E-state index in [-0.39, 0.29) is 0 Å². The molecule has 2 heterocycles. The van der Waals surface area contributed by atoms with Crippen molar-refractivity contribution in [3.05, 3.63) is 78.1 Å². The van der Waals surface area contributed by atoms with Gasteiger partial charge in [-0.2, -0.15) is 5.10 Å². The van der Waals surface area contributed by atoms with Crippen molar-refractivity contribution in [2.75, 3.05) is 0 Å². The minimum absolute atomic E-state index is 0.484. The monoisotopic (exact) mass is 409 g/mol. The summed E-state index contributed by atoms with van der Waals surface area (Å²) in [4.78, 5) is 16.5. The molecule has 0 unspecified atom stereocenters. The Labute approximate surface area is 168 Å². The molecule has 0 aliphatic carbocycles. The fraction of sp³-hybridized carbons (Fsp3) is 0.0500. The molecule has 2 aromatic carbocycles. The maximum Gasteiger partial charge on any atom is 0.273 e. The van der Waals surface area contributed by atoms with Gasteiger partial charge in [0.05, 0.1) is 16.4 Å². The normalized spacial score (nSPS) is 12.5. The van der Waals surface area contributed by atoms with E-state index in [0.29, 0.717) is 16.4 Å². The number of furan rings is 1. The maximum atomic E-state index is 11.9. The molecule has 0 saturated carbocycles. The molecule has 1 atom stereocenters. The topological polar surface area (TPSA) is 87.7 Å². The number of aliphatic hydroxyl groups is 1. The SMILES string of the molecule is O=C(N/N=C\c1ccc(Sc2nc3ccccc3s2)o1)[C@@H](O)c1ccccc1. The molecule has 4 rings (SSSR count). The number of aromatic nitrogens is 1. The van der Waals surface area contributed by atoms with E-state index in [1.807, 2.05) is 36.4 Å². The number of thiazole rings is 1. The highest BCUT2D eigenvalue weighted by Crippen LogP contribution is 2.34. The van der Waals surface area contributed by atoms with Crippen molar-refractivity contribution in [1.29, 1.82) is 0 Å². The molecule has 28 heavy (non-hydrogen) atoms. The number of hydrogen-bond acceptors (Lipinski definition) is 7. The zero-order valence-electron chi connectivity index (χ0n) is 14.5. The summed E-state index contributed by atoms with van der Waals surface area (Å²) in [5.41, 5.74) is 3.77. The Morgan fingerprint density at radius 2 is 1.93 bits per heavy atom. The van der Waals surface area contributed by atoms with Gasteiger partial charge in [-0.05, 0) is 41.6 Å². The molecule has 4 aromatic rings. The molecule has 2 N–H and O–H groups in total. The van der Waals surface area contributed by atoms with Crippen LogP contribution >= 0.6 is 23.1 Å². The summed E-state index contributed by atoms with van der Waals surface area (Å²) in [6.45, 7) is 0. The Kier molecular flexibility index (Phi) is 5.52.